The summed E-state index contributed by atoms with van der Waals surface area (Å²) in [6, 6.07) is 26.3. The molecule has 1 aromatic heterocycles. The summed E-state index contributed by atoms with van der Waals surface area (Å²) in [7, 11) is 0. The Kier molecular flexibility index (Phi) is 9.51. The molecule has 4 rings (SSSR count). The second-order valence-corrected chi connectivity index (χ2v) is 10.5. The third kappa shape index (κ3) is 7.07. The third-order valence-electron chi connectivity index (χ3n) is 6.97. The lowest BCUT2D eigenvalue weighted by molar-refractivity contribution is 0.382. The minimum atomic E-state index is -0.0323. The van der Waals surface area contributed by atoms with Crippen molar-refractivity contribution < 1.29 is 0 Å². The molecular formula is C31H37ClN4O. The fourth-order valence-corrected chi connectivity index (χ4v) is 5.04. The van der Waals surface area contributed by atoms with Crippen molar-refractivity contribution in [3.63, 3.8) is 0 Å². The predicted octanol–water partition coefficient (Wildman–Crippen LogP) is 5.78. The summed E-state index contributed by atoms with van der Waals surface area (Å²) in [5.41, 5.74) is 8.84. The number of nitrogens with zero attached hydrogens (tertiary/aromatic N) is 2. The van der Waals surface area contributed by atoms with E-state index in [1.807, 2.05) is 41.0 Å². The number of hydrogen-bond acceptors (Lipinski definition) is 4. The Morgan fingerprint density at radius 1 is 0.973 bits per heavy atom. The quantitative estimate of drug-likeness (QED) is 0.250. The number of fused-ring (bicyclic) bond motifs is 1. The average molecular weight is 517 g/mol. The normalized spacial score (nSPS) is 13.2. The number of aromatic nitrogens is 2. The van der Waals surface area contributed by atoms with E-state index in [-0.39, 0.29) is 23.4 Å². The number of benzene rings is 3. The monoisotopic (exact) mass is 516 g/mol. The molecule has 0 radical (unpaired) electrons. The van der Waals surface area contributed by atoms with Crippen molar-refractivity contribution in [1.82, 2.24) is 14.9 Å². The Morgan fingerprint density at radius 3 is 2.30 bits per heavy atom. The van der Waals surface area contributed by atoms with E-state index in [0.29, 0.717) is 35.6 Å². The number of nitrogens with one attached hydrogen (secondary N) is 1. The molecule has 0 aliphatic heterocycles. The van der Waals surface area contributed by atoms with Crippen LogP contribution in [0.4, 0.5) is 0 Å². The van der Waals surface area contributed by atoms with Crippen molar-refractivity contribution in [3.8, 4) is 0 Å². The van der Waals surface area contributed by atoms with E-state index in [2.05, 4.69) is 43.4 Å². The van der Waals surface area contributed by atoms with Gasteiger partial charge in [0.05, 0.1) is 17.4 Å². The Labute approximate surface area is 224 Å². The standard InChI is InChI=1S/C31H37ClN4O/c1-22(2)28(20-34-26(14-9-17-33)18-23-10-5-3-6-11-23)30-35-29-19-25(32)15-16-27(29)31(37)36(30)21-24-12-7-4-8-13-24/h3-8,10-13,15-16,19,22,26,28,34H,9,14,17-18,20-21,33H2,1-2H3. The van der Waals surface area contributed by atoms with Crippen LogP contribution in [-0.2, 0) is 13.0 Å². The summed E-state index contributed by atoms with van der Waals surface area (Å²) < 4.78 is 1.85. The first kappa shape index (κ1) is 27.1. The van der Waals surface area contributed by atoms with Gasteiger partial charge in [-0.05, 0) is 61.1 Å². The molecule has 0 saturated heterocycles. The highest BCUT2D eigenvalue weighted by Gasteiger charge is 2.24. The fourth-order valence-electron chi connectivity index (χ4n) is 4.87. The van der Waals surface area contributed by atoms with E-state index in [9.17, 15) is 4.79 Å². The van der Waals surface area contributed by atoms with Gasteiger partial charge in [0.25, 0.3) is 5.56 Å². The summed E-state index contributed by atoms with van der Waals surface area (Å²) in [6.45, 7) is 6.25. The molecule has 2 unspecified atom stereocenters. The van der Waals surface area contributed by atoms with Crippen molar-refractivity contribution in [2.24, 2.45) is 11.7 Å². The van der Waals surface area contributed by atoms with Crippen LogP contribution < -0.4 is 16.6 Å². The van der Waals surface area contributed by atoms with Crippen LogP contribution >= 0.6 is 11.6 Å². The molecule has 3 N–H and O–H groups in total. The van der Waals surface area contributed by atoms with Gasteiger partial charge >= 0.3 is 0 Å². The zero-order valence-corrected chi connectivity index (χ0v) is 22.5. The van der Waals surface area contributed by atoms with Crippen LogP contribution in [0, 0.1) is 5.92 Å². The third-order valence-corrected chi connectivity index (χ3v) is 7.21. The van der Waals surface area contributed by atoms with E-state index < -0.39 is 0 Å². The highest BCUT2D eigenvalue weighted by Crippen LogP contribution is 2.25. The number of rotatable bonds is 12. The fraction of sp³-hybridized carbons (Fsp3) is 0.355. The molecule has 0 fully saturated rings. The molecule has 0 saturated carbocycles. The van der Waals surface area contributed by atoms with Gasteiger partial charge in [-0.3, -0.25) is 9.36 Å². The first-order valence-electron chi connectivity index (χ1n) is 13.2. The summed E-state index contributed by atoms with van der Waals surface area (Å²) >= 11 is 6.29. The van der Waals surface area contributed by atoms with E-state index in [1.165, 1.54) is 5.56 Å². The maximum absolute atomic E-state index is 13.8. The molecule has 3 aromatic carbocycles. The van der Waals surface area contributed by atoms with Crippen LogP contribution in [0.15, 0.2) is 83.7 Å². The van der Waals surface area contributed by atoms with Gasteiger partial charge in [-0.25, -0.2) is 4.98 Å². The van der Waals surface area contributed by atoms with E-state index >= 15 is 0 Å². The zero-order chi connectivity index (χ0) is 26.2. The molecule has 2 atom stereocenters. The van der Waals surface area contributed by atoms with Gasteiger partial charge < -0.3 is 11.1 Å². The second-order valence-electron chi connectivity index (χ2n) is 10.1. The van der Waals surface area contributed by atoms with Gasteiger partial charge in [0, 0.05) is 23.5 Å². The minimum absolute atomic E-state index is 0.0323. The Hall–Kier alpha value is -2.99. The van der Waals surface area contributed by atoms with Crippen LogP contribution in [0.1, 0.15) is 49.6 Å². The molecule has 4 aromatic rings. The van der Waals surface area contributed by atoms with E-state index in [0.717, 1.165) is 30.7 Å². The SMILES string of the molecule is CC(C)C(CNC(CCCN)Cc1ccccc1)c1nc2cc(Cl)ccc2c(=O)n1Cc1ccccc1. The molecule has 5 nitrogen and oxygen atoms in total. The molecule has 0 bridgehead atoms. The van der Waals surface area contributed by atoms with Crippen LogP contribution in [-0.4, -0.2) is 28.7 Å². The summed E-state index contributed by atoms with van der Waals surface area (Å²) in [4.78, 5) is 18.8. The first-order valence-corrected chi connectivity index (χ1v) is 13.6. The van der Waals surface area contributed by atoms with E-state index in [4.69, 9.17) is 22.3 Å². The Morgan fingerprint density at radius 2 is 1.65 bits per heavy atom. The average Bonchev–Trinajstić information content (AvgIpc) is 2.90. The molecule has 194 valence electrons. The summed E-state index contributed by atoms with van der Waals surface area (Å²) in [5, 5.41) is 4.98. The van der Waals surface area contributed by atoms with Crippen molar-refractivity contribution in [2.75, 3.05) is 13.1 Å². The van der Waals surface area contributed by atoms with Crippen LogP contribution in [0.25, 0.3) is 10.9 Å². The van der Waals surface area contributed by atoms with Gasteiger partial charge in [-0.15, -0.1) is 0 Å². The second kappa shape index (κ2) is 13.0. The molecule has 0 aliphatic rings. The van der Waals surface area contributed by atoms with Crippen molar-refractivity contribution >= 4 is 22.5 Å². The van der Waals surface area contributed by atoms with Gasteiger partial charge in [0.1, 0.15) is 5.82 Å². The van der Waals surface area contributed by atoms with Gasteiger partial charge in [0.2, 0.25) is 0 Å². The number of nitrogens with two attached hydrogens (primary N) is 1. The molecule has 0 spiro atoms. The highest BCUT2D eigenvalue weighted by molar-refractivity contribution is 6.31. The highest BCUT2D eigenvalue weighted by atomic mass is 35.5. The first-order chi connectivity index (χ1) is 18.0. The predicted molar refractivity (Wildman–Crippen MR) is 154 cm³/mol. The van der Waals surface area contributed by atoms with Gasteiger partial charge in [-0.1, -0.05) is 86.1 Å². The van der Waals surface area contributed by atoms with Crippen molar-refractivity contribution in [2.45, 2.75) is 51.6 Å². The Balaban J connectivity index is 1.69. The lowest BCUT2D eigenvalue weighted by Crippen LogP contribution is -2.38. The van der Waals surface area contributed by atoms with E-state index in [1.54, 1.807) is 18.2 Å². The smallest absolute Gasteiger partial charge is 0.261 e. The molecule has 0 aliphatic carbocycles. The van der Waals surface area contributed by atoms with Crippen LogP contribution in [0.3, 0.4) is 0 Å². The maximum Gasteiger partial charge on any atom is 0.261 e. The van der Waals surface area contributed by atoms with Gasteiger partial charge in [-0.2, -0.15) is 0 Å². The molecule has 0 amide bonds. The Bertz CT molecular complexity index is 1340. The molecule has 37 heavy (non-hydrogen) atoms. The summed E-state index contributed by atoms with van der Waals surface area (Å²) in [5.74, 6) is 1.10. The van der Waals surface area contributed by atoms with Gasteiger partial charge in [0.15, 0.2) is 0 Å². The summed E-state index contributed by atoms with van der Waals surface area (Å²) in [6.07, 6.45) is 2.89. The lowest BCUT2D eigenvalue weighted by Gasteiger charge is -2.28. The van der Waals surface area contributed by atoms with Crippen LogP contribution in [0.2, 0.25) is 5.02 Å². The number of hydrogen-bond donors (Lipinski definition) is 2. The molecular weight excluding hydrogens is 480 g/mol. The topological polar surface area (TPSA) is 72.9 Å². The largest absolute Gasteiger partial charge is 0.330 e. The minimum Gasteiger partial charge on any atom is -0.330 e. The van der Waals surface area contributed by atoms with Crippen molar-refractivity contribution in [1.29, 1.82) is 0 Å². The van der Waals surface area contributed by atoms with Crippen LogP contribution in [0.5, 0.6) is 0 Å². The lowest BCUT2D eigenvalue weighted by atomic mass is 9.92. The molecule has 1 heterocycles. The maximum atomic E-state index is 13.8. The zero-order valence-electron chi connectivity index (χ0n) is 21.7. The molecule has 6 heteroatoms. The number of halogens is 1. The van der Waals surface area contributed by atoms with Crippen molar-refractivity contribution in [3.05, 3.63) is 111 Å².